The molecule has 0 unspecified atom stereocenters. The summed E-state index contributed by atoms with van der Waals surface area (Å²) in [5.41, 5.74) is 1.84. The number of hydrogen-bond donors (Lipinski definition) is 1. The topological polar surface area (TPSA) is 39.3 Å². The van der Waals surface area contributed by atoms with Crippen LogP contribution < -0.4 is 0 Å². The van der Waals surface area contributed by atoms with Crippen LogP contribution in [0.3, 0.4) is 0 Å². The van der Waals surface area contributed by atoms with Crippen molar-refractivity contribution in [3.63, 3.8) is 0 Å². The number of fused-ring (bicyclic) bond motifs is 1. The zero-order valence-electron chi connectivity index (χ0n) is 12.1. The molecule has 1 atom stereocenters. The Bertz CT molecular complexity index is 611. The van der Waals surface area contributed by atoms with E-state index in [0.29, 0.717) is 0 Å². The third-order valence-electron chi connectivity index (χ3n) is 4.32. The molecule has 1 aliphatic heterocycles. The van der Waals surface area contributed by atoms with Gasteiger partial charge in [-0.25, -0.2) is 0 Å². The van der Waals surface area contributed by atoms with Gasteiger partial charge in [-0.15, -0.1) is 0 Å². The molecule has 1 N–H and O–H groups in total. The van der Waals surface area contributed by atoms with Crippen LogP contribution in [0.2, 0.25) is 0 Å². The van der Waals surface area contributed by atoms with Gasteiger partial charge in [-0.1, -0.05) is 18.2 Å². The molecule has 4 heteroatoms. The number of benzene rings is 1. The molecule has 1 aliphatic rings. The fraction of sp³-hybridized carbons (Fsp3) is 0.438. The Morgan fingerprint density at radius 3 is 2.65 bits per heavy atom. The number of aromatic nitrogens is 1. The molecule has 1 aromatic carbocycles. The van der Waals surface area contributed by atoms with E-state index in [1.165, 1.54) is 0 Å². The standard InChI is InChI=1S/C16H21N3O/c1-12(19-9-7-18(2)8-10-19)16(20)14-11-17-15-6-4-3-5-13(14)15/h3-6,11-12,17H,7-10H2,1-2H3/t12-/m1/s1. The van der Waals surface area contributed by atoms with Crippen molar-refractivity contribution in [3.05, 3.63) is 36.0 Å². The summed E-state index contributed by atoms with van der Waals surface area (Å²) in [7, 11) is 2.13. The maximum Gasteiger partial charge on any atom is 0.181 e. The van der Waals surface area contributed by atoms with Gasteiger partial charge < -0.3 is 9.88 Å². The molecule has 3 rings (SSSR count). The molecule has 0 bridgehead atoms. The second kappa shape index (κ2) is 5.38. The van der Waals surface area contributed by atoms with Gasteiger partial charge >= 0.3 is 0 Å². The fourth-order valence-corrected chi connectivity index (χ4v) is 2.88. The quantitative estimate of drug-likeness (QED) is 0.868. The van der Waals surface area contributed by atoms with E-state index < -0.39 is 0 Å². The minimum atomic E-state index is -0.0529. The van der Waals surface area contributed by atoms with Gasteiger partial charge in [0.1, 0.15) is 0 Å². The van der Waals surface area contributed by atoms with Crippen LogP contribution in [0, 0.1) is 0 Å². The molecular weight excluding hydrogens is 250 g/mol. The van der Waals surface area contributed by atoms with Crippen molar-refractivity contribution in [2.24, 2.45) is 0 Å². The maximum atomic E-state index is 12.7. The first-order valence-electron chi connectivity index (χ1n) is 7.20. The van der Waals surface area contributed by atoms with E-state index in [-0.39, 0.29) is 11.8 Å². The molecule has 0 radical (unpaired) electrons. The lowest BCUT2D eigenvalue weighted by atomic mass is 10.0. The lowest BCUT2D eigenvalue weighted by molar-refractivity contribution is 0.0739. The maximum absolute atomic E-state index is 12.7. The van der Waals surface area contributed by atoms with E-state index >= 15 is 0 Å². The minimum Gasteiger partial charge on any atom is -0.360 e. The van der Waals surface area contributed by atoms with Crippen molar-refractivity contribution in [3.8, 4) is 0 Å². The van der Waals surface area contributed by atoms with Gasteiger partial charge in [-0.2, -0.15) is 0 Å². The van der Waals surface area contributed by atoms with Crippen molar-refractivity contribution in [2.45, 2.75) is 13.0 Å². The van der Waals surface area contributed by atoms with Crippen LogP contribution in [-0.2, 0) is 0 Å². The predicted molar refractivity (Wildman–Crippen MR) is 81.2 cm³/mol. The second-order valence-corrected chi connectivity index (χ2v) is 5.63. The molecule has 2 heterocycles. The monoisotopic (exact) mass is 271 g/mol. The minimum absolute atomic E-state index is 0.0529. The third kappa shape index (κ3) is 2.37. The Balaban J connectivity index is 1.81. The van der Waals surface area contributed by atoms with Crippen molar-refractivity contribution < 1.29 is 4.79 Å². The van der Waals surface area contributed by atoms with Crippen LogP contribution >= 0.6 is 0 Å². The molecule has 1 fully saturated rings. The number of nitrogens with zero attached hydrogens (tertiary/aromatic N) is 2. The van der Waals surface area contributed by atoms with E-state index in [1.807, 2.05) is 37.4 Å². The molecule has 20 heavy (non-hydrogen) atoms. The van der Waals surface area contributed by atoms with Crippen LogP contribution in [0.5, 0.6) is 0 Å². The zero-order chi connectivity index (χ0) is 14.1. The molecule has 0 amide bonds. The molecule has 2 aromatic rings. The zero-order valence-corrected chi connectivity index (χ0v) is 12.1. The molecule has 1 aromatic heterocycles. The fourth-order valence-electron chi connectivity index (χ4n) is 2.88. The number of rotatable bonds is 3. The summed E-state index contributed by atoms with van der Waals surface area (Å²) in [4.78, 5) is 20.5. The van der Waals surface area contributed by atoms with Gasteiger partial charge in [0.2, 0.25) is 0 Å². The second-order valence-electron chi connectivity index (χ2n) is 5.63. The molecule has 1 saturated heterocycles. The van der Waals surface area contributed by atoms with Crippen molar-refractivity contribution in [1.29, 1.82) is 0 Å². The molecule has 4 nitrogen and oxygen atoms in total. The van der Waals surface area contributed by atoms with E-state index in [2.05, 4.69) is 21.8 Å². The van der Waals surface area contributed by atoms with Crippen molar-refractivity contribution in [2.75, 3.05) is 33.2 Å². The summed E-state index contributed by atoms with van der Waals surface area (Å²) in [6.45, 7) is 6.02. The molecule has 0 spiro atoms. The van der Waals surface area contributed by atoms with E-state index in [0.717, 1.165) is 42.6 Å². The van der Waals surface area contributed by atoms with Gasteiger partial charge in [0.05, 0.1) is 6.04 Å². The average Bonchev–Trinajstić information content (AvgIpc) is 2.90. The number of Topliss-reactive ketones (excluding diaryl/α,β-unsaturated/α-hetero) is 1. The van der Waals surface area contributed by atoms with Crippen LogP contribution in [0.4, 0.5) is 0 Å². The van der Waals surface area contributed by atoms with Crippen LogP contribution in [0.25, 0.3) is 10.9 Å². The van der Waals surface area contributed by atoms with Crippen molar-refractivity contribution >= 4 is 16.7 Å². The number of piperazine rings is 1. The highest BCUT2D eigenvalue weighted by molar-refractivity contribution is 6.10. The lowest BCUT2D eigenvalue weighted by Crippen LogP contribution is -2.50. The third-order valence-corrected chi connectivity index (χ3v) is 4.32. The van der Waals surface area contributed by atoms with E-state index in [1.54, 1.807) is 0 Å². The summed E-state index contributed by atoms with van der Waals surface area (Å²) in [6, 6.07) is 7.93. The first-order valence-corrected chi connectivity index (χ1v) is 7.20. The smallest absolute Gasteiger partial charge is 0.181 e. The number of likely N-dealkylation sites (N-methyl/N-ethyl adjacent to an activating group) is 1. The largest absolute Gasteiger partial charge is 0.360 e. The summed E-state index contributed by atoms with van der Waals surface area (Å²) in [5.74, 6) is 0.215. The summed E-state index contributed by atoms with van der Waals surface area (Å²) < 4.78 is 0. The number of carbonyl (C=O) groups excluding carboxylic acids is 1. The van der Waals surface area contributed by atoms with Crippen LogP contribution in [0.15, 0.2) is 30.5 Å². The number of aromatic amines is 1. The van der Waals surface area contributed by atoms with Crippen molar-refractivity contribution in [1.82, 2.24) is 14.8 Å². The van der Waals surface area contributed by atoms with Crippen LogP contribution in [-0.4, -0.2) is 59.8 Å². The highest BCUT2D eigenvalue weighted by Crippen LogP contribution is 2.21. The average molecular weight is 271 g/mol. The number of nitrogens with one attached hydrogen (secondary N) is 1. The Labute approximate surface area is 119 Å². The number of para-hydroxylation sites is 1. The number of carbonyl (C=O) groups is 1. The molecule has 106 valence electrons. The van der Waals surface area contributed by atoms with Gasteiger partial charge in [0.15, 0.2) is 5.78 Å². The Morgan fingerprint density at radius 2 is 1.90 bits per heavy atom. The normalized spacial score (nSPS) is 19.3. The van der Waals surface area contributed by atoms with Crippen LogP contribution in [0.1, 0.15) is 17.3 Å². The first-order chi connectivity index (χ1) is 9.66. The molecular formula is C16H21N3O. The highest BCUT2D eigenvalue weighted by Gasteiger charge is 2.26. The predicted octanol–water partition coefficient (Wildman–Crippen LogP) is 1.99. The van der Waals surface area contributed by atoms with Gasteiger partial charge in [0.25, 0.3) is 0 Å². The molecule has 0 aliphatic carbocycles. The number of hydrogen-bond acceptors (Lipinski definition) is 3. The summed E-state index contributed by atoms with van der Waals surface area (Å²) >= 11 is 0. The Morgan fingerprint density at radius 1 is 1.20 bits per heavy atom. The summed E-state index contributed by atoms with van der Waals surface area (Å²) in [6.07, 6.45) is 1.85. The number of H-pyrrole nitrogens is 1. The molecule has 0 saturated carbocycles. The Kier molecular flexibility index (Phi) is 3.59. The lowest BCUT2D eigenvalue weighted by Gasteiger charge is -2.35. The van der Waals surface area contributed by atoms with Gasteiger partial charge in [-0.3, -0.25) is 9.69 Å². The van der Waals surface area contributed by atoms with Gasteiger partial charge in [0, 0.05) is 48.8 Å². The van der Waals surface area contributed by atoms with E-state index in [4.69, 9.17) is 0 Å². The Hall–Kier alpha value is -1.65. The number of ketones is 1. The summed E-state index contributed by atoms with van der Waals surface area (Å²) in [5, 5.41) is 1.03. The van der Waals surface area contributed by atoms with Gasteiger partial charge in [-0.05, 0) is 20.0 Å². The highest BCUT2D eigenvalue weighted by atomic mass is 16.1. The first kappa shape index (κ1) is 13.3. The SMILES string of the molecule is C[C@H](C(=O)c1c[nH]c2ccccc12)N1CCN(C)CC1. The van der Waals surface area contributed by atoms with E-state index in [9.17, 15) is 4.79 Å².